The number of hydrogen-bond acceptors (Lipinski definition) is 9. The number of aryl methyl sites for hydroxylation is 1. The van der Waals surface area contributed by atoms with Gasteiger partial charge in [-0.15, -0.1) is 10.2 Å². The molecule has 1 fully saturated rings. The maximum atomic E-state index is 13.0. The molecule has 0 saturated carbocycles. The van der Waals surface area contributed by atoms with Gasteiger partial charge in [-0.2, -0.15) is 0 Å². The molecule has 1 saturated heterocycles. The van der Waals surface area contributed by atoms with Crippen molar-refractivity contribution in [3.05, 3.63) is 46.8 Å². The van der Waals surface area contributed by atoms with E-state index in [0.717, 1.165) is 69.5 Å². The Morgan fingerprint density at radius 1 is 1.24 bits per heavy atom. The Hall–Kier alpha value is -2.56. The highest BCUT2D eigenvalue weighted by atomic mass is 32.2. The van der Waals surface area contributed by atoms with Crippen molar-refractivity contribution in [1.29, 1.82) is 0 Å². The fourth-order valence-corrected chi connectivity index (χ4v) is 5.74. The summed E-state index contributed by atoms with van der Waals surface area (Å²) in [4.78, 5) is 13.0. The number of rotatable bonds is 9. The van der Waals surface area contributed by atoms with Crippen LogP contribution in [0.1, 0.15) is 40.2 Å². The van der Waals surface area contributed by atoms with Crippen LogP contribution in [0.3, 0.4) is 0 Å². The SMILES string of the molecule is Cc1cc(C(=O)CSc2nnc(NC[C@H]3CCCO3)s2)c(C)n1Cc1ccc2c(c1)OCO2. The summed E-state index contributed by atoms with van der Waals surface area (Å²) < 4.78 is 19.4. The van der Waals surface area contributed by atoms with E-state index in [2.05, 4.69) is 20.1 Å². The minimum absolute atomic E-state index is 0.0918. The van der Waals surface area contributed by atoms with Crippen LogP contribution in [0.15, 0.2) is 28.6 Å². The second-order valence-corrected chi connectivity index (χ2v) is 10.4. The number of ketones is 1. The Kier molecular flexibility index (Phi) is 6.57. The third-order valence-corrected chi connectivity index (χ3v) is 7.90. The summed E-state index contributed by atoms with van der Waals surface area (Å²) >= 11 is 2.90. The molecule has 5 rings (SSSR count). The highest BCUT2D eigenvalue weighted by Crippen LogP contribution is 2.33. The molecule has 0 aliphatic carbocycles. The van der Waals surface area contributed by atoms with Crippen molar-refractivity contribution in [1.82, 2.24) is 14.8 Å². The molecule has 0 amide bonds. The van der Waals surface area contributed by atoms with E-state index in [1.165, 1.54) is 23.1 Å². The Labute approximate surface area is 200 Å². The molecule has 4 heterocycles. The summed E-state index contributed by atoms with van der Waals surface area (Å²) in [5, 5.41) is 12.4. The molecule has 10 heteroatoms. The average molecular weight is 487 g/mol. The van der Waals surface area contributed by atoms with E-state index < -0.39 is 0 Å². The fraction of sp³-hybridized carbons (Fsp3) is 0.435. The first-order chi connectivity index (χ1) is 16.1. The Morgan fingerprint density at radius 2 is 2.12 bits per heavy atom. The fourth-order valence-electron chi connectivity index (χ4n) is 4.10. The first-order valence-corrected chi connectivity index (χ1v) is 12.8. The monoisotopic (exact) mass is 486 g/mol. The number of fused-ring (bicyclic) bond motifs is 1. The topological polar surface area (TPSA) is 87.5 Å². The van der Waals surface area contributed by atoms with Gasteiger partial charge in [0.15, 0.2) is 21.6 Å². The lowest BCUT2D eigenvalue weighted by atomic mass is 10.1. The zero-order valence-corrected chi connectivity index (χ0v) is 20.3. The predicted molar refractivity (Wildman–Crippen MR) is 128 cm³/mol. The van der Waals surface area contributed by atoms with Crippen molar-refractivity contribution in [3.8, 4) is 11.5 Å². The molecule has 3 aromatic rings. The van der Waals surface area contributed by atoms with Crippen LogP contribution < -0.4 is 14.8 Å². The number of hydrogen-bond donors (Lipinski definition) is 1. The van der Waals surface area contributed by atoms with Gasteiger partial charge in [-0.25, -0.2) is 0 Å². The number of anilines is 1. The van der Waals surface area contributed by atoms with Gasteiger partial charge < -0.3 is 24.1 Å². The molecule has 2 aliphatic heterocycles. The third kappa shape index (κ3) is 5.02. The van der Waals surface area contributed by atoms with Gasteiger partial charge in [0, 0.05) is 36.6 Å². The van der Waals surface area contributed by atoms with Crippen LogP contribution in [0.2, 0.25) is 0 Å². The van der Waals surface area contributed by atoms with Crippen molar-refractivity contribution in [2.45, 2.75) is 43.7 Å². The molecule has 33 heavy (non-hydrogen) atoms. The summed E-state index contributed by atoms with van der Waals surface area (Å²) in [5.74, 6) is 1.96. The number of aromatic nitrogens is 3. The molecule has 174 valence electrons. The molecule has 2 aliphatic rings. The van der Waals surface area contributed by atoms with Crippen LogP contribution in [-0.2, 0) is 11.3 Å². The Bertz CT molecular complexity index is 1150. The molecular weight excluding hydrogens is 460 g/mol. The normalized spacial score (nSPS) is 17.0. The molecule has 1 aromatic carbocycles. The van der Waals surface area contributed by atoms with E-state index in [-0.39, 0.29) is 18.7 Å². The Balaban J connectivity index is 1.19. The molecule has 0 spiro atoms. The van der Waals surface area contributed by atoms with E-state index in [1.807, 2.05) is 38.1 Å². The number of Topliss-reactive ketones (excluding diaryl/α,β-unsaturated/α-hetero) is 1. The van der Waals surface area contributed by atoms with Crippen molar-refractivity contribution in [3.63, 3.8) is 0 Å². The minimum atomic E-state index is 0.0918. The lowest BCUT2D eigenvalue weighted by Crippen LogP contribution is -2.18. The van der Waals surface area contributed by atoms with Crippen LogP contribution in [0, 0.1) is 13.8 Å². The van der Waals surface area contributed by atoms with Gasteiger partial charge in [0.05, 0.1) is 11.9 Å². The highest BCUT2D eigenvalue weighted by molar-refractivity contribution is 8.01. The quantitative estimate of drug-likeness (QED) is 0.354. The van der Waals surface area contributed by atoms with E-state index >= 15 is 0 Å². The lowest BCUT2D eigenvalue weighted by Gasteiger charge is -2.10. The second kappa shape index (κ2) is 9.74. The van der Waals surface area contributed by atoms with Crippen LogP contribution in [0.4, 0.5) is 5.13 Å². The van der Waals surface area contributed by atoms with Crippen molar-refractivity contribution < 1.29 is 19.0 Å². The zero-order chi connectivity index (χ0) is 22.8. The van der Waals surface area contributed by atoms with Crippen LogP contribution in [0.5, 0.6) is 11.5 Å². The maximum Gasteiger partial charge on any atom is 0.231 e. The van der Waals surface area contributed by atoms with Gasteiger partial charge in [-0.3, -0.25) is 4.79 Å². The van der Waals surface area contributed by atoms with Crippen molar-refractivity contribution in [2.75, 3.05) is 31.0 Å². The number of ether oxygens (including phenoxy) is 3. The Morgan fingerprint density at radius 3 is 2.97 bits per heavy atom. The summed E-state index contributed by atoms with van der Waals surface area (Å²) in [6.45, 7) is 6.54. The van der Waals surface area contributed by atoms with Crippen LogP contribution in [-0.4, -0.2) is 52.3 Å². The van der Waals surface area contributed by atoms with Crippen LogP contribution in [0.25, 0.3) is 0 Å². The average Bonchev–Trinajstić information content (AvgIpc) is 3.61. The van der Waals surface area contributed by atoms with Gasteiger partial charge in [0.25, 0.3) is 0 Å². The highest BCUT2D eigenvalue weighted by Gasteiger charge is 2.19. The number of benzene rings is 1. The lowest BCUT2D eigenvalue weighted by molar-refractivity contribution is 0.102. The molecule has 2 aromatic heterocycles. The zero-order valence-electron chi connectivity index (χ0n) is 18.6. The molecule has 8 nitrogen and oxygen atoms in total. The van der Waals surface area contributed by atoms with Gasteiger partial charge in [-0.05, 0) is 50.5 Å². The molecule has 1 N–H and O–H groups in total. The van der Waals surface area contributed by atoms with E-state index in [1.54, 1.807) is 0 Å². The van der Waals surface area contributed by atoms with Gasteiger partial charge in [0.2, 0.25) is 11.9 Å². The van der Waals surface area contributed by atoms with Gasteiger partial charge >= 0.3 is 0 Å². The molecule has 0 bridgehead atoms. The molecule has 1 atom stereocenters. The van der Waals surface area contributed by atoms with E-state index in [4.69, 9.17) is 14.2 Å². The van der Waals surface area contributed by atoms with Gasteiger partial charge in [0.1, 0.15) is 0 Å². The smallest absolute Gasteiger partial charge is 0.231 e. The second-order valence-electron chi connectivity index (χ2n) is 8.16. The van der Waals surface area contributed by atoms with E-state index in [0.29, 0.717) is 12.3 Å². The van der Waals surface area contributed by atoms with Crippen molar-refractivity contribution >= 4 is 34.0 Å². The largest absolute Gasteiger partial charge is 0.454 e. The van der Waals surface area contributed by atoms with Gasteiger partial charge in [-0.1, -0.05) is 29.2 Å². The molecule has 0 unspecified atom stereocenters. The number of nitrogens with one attached hydrogen (secondary N) is 1. The molecular formula is C23H26N4O4S2. The third-order valence-electron chi connectivity index (χ3n) is 5.89. The predicted octanol–water partition coefficient (Wildman–Crippen LogP) is 4.30. The molecule has 0 radical (unpaired) electrons. The first kappa shape index (κ1) is 22.2. The summed E-state index contributed by atoms with van der Waals surface area (Å²) in [6.07, 6.45) is 2.44. The summed E-state index contributed by atoms with van der Waals surface area (Å²) in [5.41, 5.74) is 3.87. The maximum absolute atomic E-state index is 13.0. The summed E-state index contributed by atoms with van der Waals surface area (Å²) in [6, 6.07) is 7.93. The number of carbonyl (C=O) groups is 1. The van der Waals surface area contributed by atoms with E-state index in [9.17, 15) is 4.79 Å². The first-order valence-electron chi connectivity index (χ1n) is 11.0. The van der Waals surface area contributed by atoms with Crippen LogP contribution >= 0.6 is 23.1 Å². The standard InChI is InChI=1S/C23H26N4O4S2/c1-14-8-18(15(2)27(14)11-16-5-6-20-21(9-16)31-13-30-20)19(28)12-32-23-26-25-22(33-23)24-10-17-4-3-7-29-17/h5-6,8-9,17H,3-4,7,10-13H2,1-2H3,(H,24,25)/t17-/m1/s1. The minimum Gasteiger partial charge on any atom is -0.454 e. The van der Waals surface area contributed by atoms with Crippen molar-refractivity contribution in [2.24, 2.45) is 0 Å². The number of nitrogens with zero attached hydrogens (tertiary/aromatic N) is 3. The number of thioether (sulfide) groups is 1. The number of carbonyl (C=O) groups excluding carboxylic acids is 1. The summed E-state index contributed by atoms with van der Waals surface area (Å²) in [7, 11) is 0.